The van der Waals surface area contributed by atoms with Gasteiger partial charge in [0.1, 0.15) is 17.1 Å². The summed E-state index contributed by atoms with van der Waals surface area (Å²) in [5, 5.41) is 3.95. The van der Waals surface area contributed by atoms with Gasteiger partial charge >= 0.3 is 6.03 Å². The Balaban J connectivity index is 1.81. The fourth-order valence-electron chi connectivity index (χ4n) is 4.70. The third-order valence-corrected chi connectivity index (χ3v) is 6.67. The van der Waals surface area contributed by atoms with E-state index in [2.05, 4.69) is 61.2 Å². The molecule has 2 N–H and O–H groups in total. The molecule has 38 heavy (non-hydrogen) atoms. The lowest BCUT2D eigenvalue weighted by atomic mass is 9.88. The number of hydrogen-bond donors (Lipinski definition) is 2. The van der Waals surface area contributed by atoms with E-state index >= 15 is 0 Å². The summed E-state index contributed by atoms with van der Waals surface area (Å²) in [5.41, 5.74) is 5.37. The third-order valence-electron chi connectivity index (χ3n) is 6.67. The summed E-state index contributed by atoms with van der Waals surface area (Å²) in [7, 11) is 1.66. The first-order valence-electron chi connectivity index (χ1n) is 13.0. The number of benzene rings is 2. The van der Waals surface area contributed by atoms with Gasteiger partial charge in [0, 0.05) is 23.3 Å². The van der Waals surface area contributed by atoms with E-state index < -0.39 is 0 Å². The van der Waals surface area contributed by atoms with Crippen LogP contribution < -0.4 is 20.5 Å². The van der Waals surface area contributed by atoms with Gasteiger partial charge in [-0.05, 0) is 90.4 Å². The molecule has 0 aliphatic heterocycles. The summed E-state index contributed by atoms with van der Waals surface area (Å²) < 4.78 is 5.44. The van der Waals surface area contributed by atoms with Crippen molar-refractivity contribution in [1.82, 2.24) is 9.97 Å². The minimum atomic E-state index is -0.360. The predicted molar refractivity (Wildman–Crippen MR) is 156 cm³/mol. The molecule has 0 spiro atoms. The Bertz CT molecular complexity index is 1490. The predicted octanol–water partition coefficient (Wildman–Crippen LogP) is 7.29. The Morgan fingerprint density at radius 3 is 2.21 bits per heavy atom. The topological polar surface area (TPSA) is 87.3 Å². The van der Waals surface area contributed by atoms with Crippen molar-refractivity contribution >= 4 is 28.4 Å². The van der Waals surface area contributed by atoms with Gasteiger partial charge in [0.05, 0.1) is 7.11 Å². The first-order valence-corrected chi connectivity index (χ1v) is 13.0. The molecule has 0 unspecified atom stereocenters. The number of amides is 2. The van der Waals surface area contributed by atoms with E-state index in [0.29, 0.717) is 5.65 Å². The van der Waals surface area contributed by atoms with Crippen LogP contribution in [0.4, 0.5) is 16.2 Å². The number of carbonyl (C=O) groups excluding carboxylic acids is 1. The van der Waals surface area contributed by atoms with Crippen LogP contribution in [-0.4, -0.2) is 29.2 Å². The Morgan fingerprint density at radius 2 is 1.61 bits per heavy atom. The molecular formula is C31H36N4O3. The minimum absolute atomic E-state index is 0.149. The van der Waals surface area contributed by atoms with Crippen LogP contribution in [0.25, 0.3) is 22.2 Å². The Hall–Kier alpha value is -4.13. The molecule has 0 bridgehead atoms. The van der Waals surface area contributed by atoms with Crippen molar-refractivity contribution in [3.8, 4) is 16.9 Å². The summed E-state index contributed by atoms with van der Waals surface area (Å²) in [6.07, 6.45) is 1.63. The van der Waals surface area contributed by atoms with Gasteiger partial charge in [-0.25, -0.2) is 9.78 Å². The Morgan fingerprint density at radius 1 is 0.921 bits per heavy atom. The van der Waals surface area contributed by atoms with E-state index in [1.807, 2.05) is 38.1 Å². The molecule has 7 nitrogen and oxygen atoms in total. The molecule has 0 radical (unpaired) electrons. The van der Waals surface area contributed by atoms with Gasteiger partial charge in [0.15, 0.2) is 0 Å². The maximum absolute atomic E-state index is 13.9. The van der Waals surface area contributed by atoms with Gasteiger partial charge in [-0.15, -0.1) is 0 Å². The van der Waals surface area contributed by atoms with E-state index in [0.717, 1.165) is 39.1 Å². The number of carbonyl (C=O) groups is 1. The molecule has 198 valence electrons. The summed E-state index contributed by atoms with van der Waals surface area (Å²) in [6.45, 7) is 12.3. The van der Waals surface area contributed by atoms with Crippen LogP contribution in [-0.2, 0) is 0 Å². The zero-order valence-electron chi connectivity index (χ0n) is 23.1. The number of urea groups is 1. The molecule has 0 aliphatic rings. The number of nitrogens with one attached hydrogen (secondary N) is 2. The second-order valence-corrected chi connectivity index (χ2v) is 10.4. The smallest absolute Gasteiger partial charge is 0.326 e. The van der Waals surface area contributed by atoms with Gasteiger partial charge in [-0.3, -0.25) is 9.69 Å². The number of aromatic amines is 1. The lowest BCUT2D eigenvalue weighted by Gasteiger charge is -2.29. The van der Waals surface area contributed by atoms with Crippen molar-refractivity contribution in [2.24, 2.45) is 0 Å². The molecule has 2 aromatic carbocycles. The number of H-pyrrole nitrogens is 1. The second-order valence-electron chi connectivity index (χ2n) is 10.4. The molecule has 0 saturated carbocycles. The normalized spacial score (nSPS) is 11.4. The quantitative estimate of drug-likeness (QED) is 0.272. The molecule has 2 heterocycles. The molecule has 0 atom stereocenters. The summed E-state index contributed by atoms with van der Waals surface area (Å²) >= 11 is 0. The number of fused-ring (bicyclic) bond motifs is 1. The third kappa shape index (κ3) is 5.42. The molecule has 2 amide bonds. The highest BCUT2D eigenvalue weighted by Gasteiger charge is 2.26. The van der Waals surface area contributed by atoms with Gasteiger partial charge in [0.2, 0.25) is 0 Å². The molecule has 2 aromatic heterocycles. The summed E-state index contributed by atoms with van der Waals surface area (Å²) in [6, 6.07) is 17.0. The molecule has 0 fully saturated rings. The highest BCUT2D eigenvalue weighted by Crippen LogP contribution is 2.38. The van der Waals surface area contributed by atoms with E-state index in [-0.39, 0.29) is 35.2 Å². The number of hydrogen-bond acceptors (Lipinski definition) is 4. The maximum Gasteiger partial charge on any atom is 0.326 e. The van der Waals surface area contributed by atoms with Crippen molar-refractivity contribution in [3.63, 3.8) is 0 Å². The standard InChI is InChI=1S/C31H36N4O3/c1-18(2)25-15-23(21-10-8-12-24(14-21)38-7)16-26(19(3)4)28(25)33-31(37)35(20(5)6)27-17-22-11-9-13-32-29(22)34-30(27)36/h8-20H,1-7H3,(H,33,37)(H,32,34,36). The van der Waals surface area contributed by atoms with Crippen LogP contribution in [0.2, 0.25) is 0 Å². The van der Waals surface area contributed by atoms with Crippen LogP contribution in [0, 0.1) is 0 Å². The fraction of sp³-hybridized carbons (Fsp3) is 0.323. The van der Waals surface area contributed by atoms with Crippen LogP contribution in [0.5, 0.6) is 5.75 Å². The van der Waals surface area contributed by atoms with Crippen molar-refractivity contribution in [1.29, 1.82) is 0 Å². The maximum atomic E-state index is 13.9. The minimum Gasteiger partial charge on any atom is -0.497 e. The number of methoxy groups -OCH3 is 1. The van der Waals surface area contributed by atoms with Crippen LogP contribution in [0.3, 0.4) is 0 Å². The van der Waals surface area contributed by atoms with Crippen LogP contribution >= 0.6 is 0 Å². The number of aromatic nitrogens is 2. The SMILES string of the molecule is COc1cccc(-c2cc(C(C)C)c(NC(=O)N(c3cc4cccnc4[nH]c3=O)C(C)C)c(C(C)C)c2)c1. The molecule has 4 aromatic rings. The van der Waals surface area contributed by atoms with E-state index in [1.54, 1.807) is 25.4 Å². The van der Waals surface area contributed by atoms with E-state index in [1.165, 1.54) is 4.90 Å². The first-order chi connectivity index (χ1) is 18.1. The summed E-state index contributed by atoms with van der Waals surface area (Å²) in [4.78, 5) is 35.4. The molecule has 0 aliphatic carbocycles. The van der Waals surface area contributed by atoms with Gasteiger partial charge in [0.25, 0.3) is 5.56 Å². The average molecular weight is 513 g/mol. The van der Waals surface area contributed by atoms with E-state index in [4.69, 9.17) is 4.74 Å². The average Bonchev–Trinajstić information content (AvgIpc) is 2.88. The fourth-order valence-corrected chi connectivity index (χ4v) is 4.70. The molecule has 0 saturated heterocycles. The number of rotatable bonds is 7. The van der Waals surface area contributed by atoms with Crippen LogP contribution in [0.1, 0.15) is 64.5 Å². The summed E-state index contributed by atoms with van der Waals surface area (Å²) in [5.74, 6) is 1.09. The molecule has 4 rings (SSSR count). The largest absolute Gasteiger partial charge is 0.497 e. The zero-order chi connectivity index (χ0) is 27.6. The number of ether oxygens (including phenoxy) is 1. The second kappa shape index (κ2) is 11.1. The van der Waals surface area contributed by atoms with Crippen molar-refractivity contribution < 1.29 is 9.53 Å². The van der Waals surface area contributed by atoms with Gasteiger partial charge in [-0.2, -0.15) is 0 Å². The highest BCUT2D eigenvalue weighted by molar-refractivity contribution is 6.04. The zero-order valence-corrected chi connectivity index (χ0v) is 23.1. The van der Waals surface area contributed by atoms with Gasteiger partial charge < -0.3 is 15.0 Å². The monoisotopic (exact) mass is 512 g/mol. The van der Waals surface area contributed by atoms with Crippen molar-refractivity contribution in [2.45, 2.75) is 59.4 Å². The Labute approximate surface area is 223 Å². The molecule has 7 heteroatoms. The van der Waals surface area contributed by atoms with Crippen LogP contribution in [0.15, 0.2) is 65.6 Å². The van der Waals surface area contributed by atoms with Crippen molar-refractivity contribution in [3.05, 3.63) is 82.3 Å². The van der Waals surface area contributed by atoms with E-state index in [9.17, 15) is 9.59 Å². The van der Waals surface area contributed by atoms with Gasteiger partial charge in [-0.1, -0.05) is 39.8 Å². The lowest BCUT2D eigenvalue weighted by Crippen LogP contribution is -2.43. The number of anilines is 2. The number of pyridine rings is 2. The Kier molecular flexibility index (Phi) is 7.86. The lowest BCUT2D eigenvalue weighted by molar-refractivity contribution is 0.255. The highest BCUT2D eigenvalue weighted by atomic mass is 16.5. The first kappa shape index (κ1) is 26.9. The number of nitrogens with zero attached hydrogens (tertiary/aromatic N) is 2. The van der Waals surface area contributed by atoms with Crippen molar-refractivity contribution in [2.75, 3.05) is 17.3 Å². The molecular weight excluding hydrogens is 476 g/mol.